The number of amides is 1. The van der Waals surface area contributed by atoms with Crippen molar-refractivity contribution >= 4 is 35.1 Å². The van der Waals surface area contributed by atoms with E-state index in [0.29, 0.717) is 16.6 Å². The lowest BCUT2D eigenvalue weighted by atomic mass is 10.1. The first kappa shape index (κ1) is 16.3. The first-order valence-electron chi connectivity index (χ1n) is 8.23. The quantitative estimate of drug-likeness (QED) is 0.594. The SMILES string of the molecule is O=C1/C(=C\c2ccccc2)N=C(c2ccc(Cl)cc2)N1c1ccccc1. The summed E-state index contributed by atoms with van der Waals surface area (Å²) >= 11 is 6.00. The van der Waals surface area contributed by atoms with Crippen molar-refractivity contribution in [1.29, 1.82) is 0 Å². The summed E-state index contributed by atoms with van der Waals surface area (Å²) < 4.78 is 0. The van der Waals surface area contributed by atoms with E-state index in [1.54, 1.807) is 23.1 Å². The summed E-state index contributed by atoms with van der Waals surface area (Å²) in [4.78, 5) is 19.3. The van der Waals surface area contributed by atoms with Crippen LogP contribution in [0.2, 0.25) is 5.02 Å². The molecule has 0 aromatic heterocycles. The second kappa shape index (κ2) is 6.98. The minimum atomic E-state index is -0.148. The summed E-state index contributed by atoms with van der Waals surface area (Å²) in [5.41, 5.74) is 2.96. The van der Waals surface area contributed by atoms with E-state index in [4.69, 9.17) is 11.6 Å². The fraction of sp³-hybridized carbons (Fsp3) is 0. The summed E-state index contributed by atoms with van der Waals surface area (Å²) in [6.07, 6.45) is 1.81. The van der Waals surface area contributed by atoms with Gasteiger partial charge in [-0.1, -0.05) is 60.1 Å². The Morgan fingerprint density at radius 1 is 0.808 bits per heavy atom. The highest BCUT2D eigenvalue weighted by atomic mass is 35.5. The van der Waals surface area contributed by atoms with Gasteiger partial charge in [-0.15, -0.1) is 0 Å². The number of anilines is 1. The van der Waals surface area contributed by atoms with Crippen LogP contribution in [0, 0.1) is 0 Å². The number of aliphatic imine (C=N–C) groups is 1. The minimum absolute atomic E-state index is 0.148. The third-order valence-corrected chi connectivity index (χ3v) is 4.33. The molecule has 1 aliphatic heterocycles. The van der Waals surface area contributed by atoms with Gasteiger partial charge in [-0.3, -0.25) is 9.69 Å². The molecule has 3 nitrogen and oxygen atoms in total. The first-order valence-corrected chi connectivity index (χ1v) is 8.61. The average molecular weight is 359 g/mol. The third kappa shape index (κ3) is 3.17. The van der Waals surface area contributed by atoms with E-state index >= 15 is 0 Å². The Kier molecular flexibility index (Phi) is 4.38. The Hall–Kier alpha value is -3.17. The van der Waals surface area contributed by atoms with Gasteiger partial charge in [0.15, 0.2) is 0 Å². The van der Waals surface area contributed by atoms with Crippen LogP contribution in [-0.4, -0.2) is 11.7 Å². The van der Waals surface area contributed by atoms with Gasteiger partial charge < -0.3 is 0 Å². The normalized spacial score (nSPS) is 15.4. The number of benzene rings is 3. The van der Waals surface area contributed by atoms with Crippen molar-refractivity contribution in [3.63, 3.8) is 0 Å². The predicted molar refractivity (Wildman–Crippen MR) is 106 cm³/mol. The van der Waals surface area contributed by atoms with Crippen LogP contribution in [0.15, 0.2) is 95.6 Å². The van der Waals surface area contributed by atoms with Crippen molar-refractivity contribution in [2.24, 2.45) is 4.99 Å². The summed E-state index contributed by atoms with van der Waals surface area (Å²) in [7, 11) is 0. The summed E-state index contributed by atoms with van der Waals surface area (Å²) in [5, 5.41) is 0.644. The molecule has 26 heavy (non-hydrogen) atoms. The second-order valence-corrected chi connectivity index (χ2v) is 6.30. The molecule has 4 heteroatoms. The molecule has 1 aliphatic rings. The topological polar surface area (TPSA) is 32.7 Å². The maximum Gasteiger partial charge on any atom is 0.282 e. The Morgan fingerprint density at radius 3 is 2.08 bits per heavy atom. The molecule has 3 aromatic rings. The molecule has 0 unspecified atom stereocenters. The van der Waals surface area contributed by atoms with Crippen molar-refractivity contribution in [2.75, 3.05) is 4.90 Å². The summed E-state index contributed by atoms with van der Waals surface area (Å²) in [5.74, 6) is 0.449. The fourth-order valence-corrected chi connectivity index (χ4v) is 2.96. The molecule has 0 aliphatic carbocycles. The number of hydrogen-bond donors (Lipinski definition) is 0. The lowest BCUT2D eigenvalue weighted by molar-refractivity contribution is -0.113. The highest BCUT2D eigenvalue weighted by Gasteiger charge is 2.32. The van der Waals surface area contributed by atoms with E-state index in [1.165, 1.54) is 0 Å². The molecule has 1 heterocycles. The smallest absolute Gasteiger partial charge is 0.266 e. The molecule has 0 fully saturated rings. The number of halogens is 1. The maximum atomic E-state index is 13.1. The van der Waals surface area contributed by atoms with E-state index in [9.17, 15) is 4.79 Å². The Bertz CT molecular complexity index is 993. The van der Waals surface area contributed by atoms with E-state index < -0.39 is 0 Å². The molecule has 1 amide bonds. The number of rotatable bonds is 3. The van der Waals surface area contributed by atoms with E-state index in [0.717, 1.165) is 16.8 Å². The number of nitrogens with zero attached hydrogens (tertiary/aromatic N) is 2. The summed E-state index contributed by atoms with van der Waals surface area (Å²) in [6, 6.07) is 26.6. The highest BCUT2D eigenvalue weighted by Crippen LogP contribution is 2.28. The van der Waals surface area contributed by atoms with Crippen molar-refractivity contribution < 1.29 is 4.79 Å². The van der Waals surface area contributed by atoms with E-state index in [2.05, 4.69) is 4.99 Å². The monoisotopic (exact) mass is 358 g/mol. The van der Waals surface area contributed by atoms with Gasteiger partial charge in [-0.05, 0) is 48.0 Å². The van der Waals surface area contributed by atoms with Crippen molar-refractivity contribution in [3.05, 3.63) is 107 Å². The van der Waals surface area contributed by atoms with Crippen LogP contribution in [0.4, 0.5) is 5.69 Å². The zero-order valence-corrected chi connectivity index (χ0v) is 14.6. The lowest BCUT2D eigenvalue weighted by Gasteiger charge is -2.18. The van der Waals surface area contributed by atoms with Crippen LogP contribution >= 0.6 is 11.6 Å². The highest BCUT2D eigenvalue weighted by molar-refractivity contribution is 6.34. The third-order valence-electron chi connectivity index (χ3n) is 4.08. The number of carbonyl (C=O) groups excluding carboxylic acids is 1. The van der Waals surface area contributed by atoms with Crippen molar-refractivity contribution in [1.82, 2.24) is 0 Å². The fourth-order valence-electron chi connectivity index (χ4n) is 2.83. The number of amidine groups is 1. The van der Waals surface area contributed by atoms with Crippen LogP contribution in [0.25, 0.3) is 6.08 Å². The number of para-hydroxylation sites is 1. The lowest BCUT2D eigenvalue weighted by Crippen LogP contribution is -2.32. The molecular formula is C22H15ClN2O. The van der Waals surface area contributed by atoms with Crippen LogP contribution in [0.1, 0.15) is 11.1 Å². The Morgan fingerprint density at radius 2 is 1.42 bits per heavy atom. The van der Waals surface area contributed by atoms with Gasteiger partial charge in [-0.25, -0.2) is 4.99 Å². The molecular weight excluding hydrogens is 344 g/mol. The first-order chi connectivity index (χ1) is 12.7. The molecule has 0 N–H and O–H groups in total. The van der Waals surface area contributed by atoms with E-state index in [1.807, 2.05) is 72.8 Å². The zero-order chi connectivity index (χ0) is 17.9. The van der Waals surface area contributed by atoms with Crippen molar-refractivity contribution in [3.8, 4) is 0 Å². The largest absolute Gasteiger partial charge is 0.282 e. The molecule has 126 valence electrons. The van der Waals surface area contributed by atoms with Crippen LogP contribution in [-0.2, 0) is 4.79 Å². The van der Waals surface area contributed by atoms with Crippen LogP contribution in [0.3, 0.4) is 0 Å². The Balaban J connectivity index is 1.82. The van der Waals surface area contributed by atoms with Gasteiger partial charge in [-0.2, -0.15) is 0 Å². The standard InChI is InChI=1S/C22H15ClN2O/c23-18-13-11-17(12-14-18)21-24-20(15-16-7-3-1-4-8-16)22(26)25(21)19-9-5-2-6-10-19/h1-15H/b20-15+. The molecule has 0 radical (unpaired) electrons. The minimum Gasteiger partial charge on any atom is -0.266 e. The molecule has 0 bridgehead atoms. The van der Waals surface area contributed by atoms with Crippen LogP contribution < -0.4 is 4.90 Å². The van der Waals surface area contributed by atoms with Gasteiger partial charge in [0.1, 0.15) is 11.5 Å². The molecule has 0 spiro atoms. The van der Waals surface area contributed by atoms with Crippen molar-refractivity contribution in [2.45, 2.75) is 0 Å². The average Bonchev–Trinajstić information content (AvgIpc) is 3.00. The van der Waals surface area contributed by atoms with Crippen LogP contribution in [0.5, 0.6) is 0 Å². The molecule has 0 saturated heterocycles. The molecule has 0 saturated carbocycles. The number of hydrogen-bond acceptors (Lipinski definition) is 2. The van der Waals surface area contributed by atoms with Gasteiger partial charge in [0.05, 0.1) is 5.69 Å². The van der Waals surface area contributed by atoms with Gasteiger partial charge in [0.2, 0.25) is 0 Å². The maximum absolute atomic E-state index is 13.1. The van der Waals surface area contributed by atoms with Gasteiger partial charge in [0.25, 0.3) is 5.91 Å². The second-order valence-electron chi connectivity index (χ2n) is 5.86. The van der Waals surface area contributed by atoms with E-state index in [-0.39, 0.29) is 5.91 Å². The van der Waals surface area contributed by atoms with Gasteiger partial charge in [0, 0.05) is 10.6 Å². The van der Waals surface area contributed by atoms with Gasteiger partial charge >= 0.3 is 0 Å². The zero-order valence-electron chi connectivity index (χ0n) is 13.8. The Labute approximate surface area is 156 Å². The molecule has 4 rings (SSSR count). The summed E-state index contributed by atoms with van der Waals surface area (Å²) in [6.45, 7) is 0. The molecule has 0 atom stereocenters. The number of carbonyl (C=O) groups is 1. The predicted octanol–water partition coefficient (Wildman–Crippen LogP) is 5.17. The molecule has 3 aromatic carbocycles.